The van der Waals surface area contributed by atoms with Gasteiger partial charge in [-0.1, -0.05) is 19.1 Å². The Morgan fingerprint density at radius 3 is 3.00 bits per heavy atom. The Kier molecular flexibility index (Phi) is 4.63. The molecule has 1 aromatic carbocycles. The standard InChI is InChI=1S/C11H16N2O2/c1-2-13-7-9-4-3-5-10(6-9)15-8-11(12)14/h3-6,13H,2,7-8H2,1H3,(H2,12,14). The summed E-state index contributed by atoms with van der Waals surface area (Å²) in [5, 5.41) is 3.21. The van der Waals surface area contributed by atoms with E-state index in [0.717, 1.165) is 18.7 Å². The van der Waals surface area contributed by atoms with Crippen LogP contribution in [0.15, 0.2) is 24.3 Å². The number of ether oxygens (including phenoxy) is 1. The van der Waals surface area contributed by atoms with E-state index in [4.69, 9.17) is 10.5 Å². The maximum Gasteiger partial charge on any atom is 0.255 e. The number of nitrogens with one attached hydrogen (secondary N) is 1. The minimum Gasteiger partial charge on any atom is -0.484 e. The Balaban J connectivity index is 2.53. The van der Waals surface area contributed by atoms with Gasteiger partial charge in [-0.2, -0.15) is 0 Å². The van der Waals surface area contributed by atoms with Gasteiger partial charge in [0.1, 0.15) is 5.75 Å². The third-order valence-electron chi connectivity index (χ3n) is 1.86. The van der Waals surface area contributed by atoms with Crippen molar-refractivity contribution in [2.45, 2.75) is 13.5 Å². The predicted molar refractivity (Wildman–Crippen MR) is 58.5 cm³/mol. The molecule has 0 aliphatic rings. The van der Waals surface area contributed by atoms with Crippen molar-refractivity contribution in [2.75, 3.05) is 13.2 Å². The van der Waals surface area contributed by atoms with E-state index in [9.17, 15) is 4.79 Å². The van der Waals surface area contributed by atoms with Gasteiger partial charge in [0.2, 0.25) is 0 Å². The average molecular weight is 208 g/mol. The Labute approximate surface area is 89.4 Å². The van der Waals surface area contributed by atoms with Gasteiger partial charge in [0.25, 0.3) is 5.91 Å². The first-order chi connectivity index (χ1) is 7.22. The van der Waals surface area contributed by atoms with Crippen LogP contribution < -0.4 is 15.8 Å². The van der Waals surface area contributed by atoms with Crippen LogP contribution in [-0.4, -0.2) is 19.1 Å². The van der Waals surface area contributed by atoms with E-state index in [1.54, 1.807) is 6.07 Å². The number of nitrogens with two attached hydrogens (primary N) is 1. The third-order valence-corrected chi connectivity index (χ3v) is 1.86. The SMILES string of the molecule is CCNCc1cccc(OCC(N)=O)c1. The predicted octanol–water partition coefficient (Wildman–Crippen LogP) is 0.660. The van der Waals surface area contributed by atoms with Crippen LogP contribution in [0.3, 0.4) is 0 Å². The van der Waals surface area contributed by atoms with Gasteiger partial charge in [0, 0.05) is 6.54 Å². The number of benzene rings is 1. The lowest BCUT2D eigenvalue weighted by Gasteiger charge is -2.06. The summed E-state index contributed by atoms with van der Waals surface area (Å²) >= 11 is 0. The molecule has 1 aromatic rings. The van der Waals surface area contributed by atoms with Gasteiger partial charge in [-0.15, -0.1) is 0 Å². The highest BCUT2D eigenvalue weighted by Gasteiger charge is 1.98. The molecular formula is C11H16N2O2. The molecule has 0 fully saturated rings. The molecule has 0 bridgehead atoms. The number of hydrogen-bond acceptors (Lipinski definition) is 3. The molecule has 15 heavy (non-hydrogen) atoms. The maximum atomic E-state index is 10.5. The molecule has 4 heteroatoms. The van der Waals surface area contributed by atoms with E-state index in [2.05, 4.69) is 5.32 Å². The smallest absolute Gasteiger partial charge is 0.255 e. The van der Waals surface area contributed by atoms with E-state index in [1.807, 2.05) is 25.1 Å². The van der Waals surface area contributed by atoms with Gasteiger partial charge in [0.15, 0.2) is 6.61 Å². The van der Waals surface area contributed by atoms with Crippen molar-refractivity contribution in [3.63, 3.8) is 0 Å². The van der Waals surface area contributed by atoms with E-state index >= 15 is 0 Å². The Morgan fingerprint density at radius 1 is 1.53 bits per heavy atom. The van der Waals surface area contributed by atoms with Gasteiger partial charge < -0.3 is 15.8 Å². The fourth-order valence-corrected chi connectivity index (χ4v) is 1.17. The Hall–Kier alpha value is -1.55. The fraction of sp³-hybridized carbons (Fsp3) is 0.364. The highest BCUT2D eigenvalue weighted by molar-refractivity contribution is 5.75. The molecule has 0 atom stereocenters. The summed E-state index contributed by atoms with van der Waals surface area (Å²) in [5.41, 5.74) is 6.11. The minimum absolute atomic E-state index is 0.0787. The summed E-state index contributed by atoms with van der Waals surface area (Å²) < 4.78 is 5.19. The molecule has 0 aliphatic heterocycles. The monoisotopic (exact) mass is 208 g/mol. The van der Waals surface area contributed by atoms with Crippen molar-refractivity contribution < 1.29 is 9.53 Å². The lowest BCUT2D eigenvalue weighted by Crippen LogP contribution is -2.20. The average Bonchev–Trinajstić information content (AvgIpc) is 2.24. The highest BCUT2D eigenvalue weighted by atomic mass is 16.5. The minimum atomic E-state index is -0.466. The van der Waals surface area contributed by atoms with E-state index < -0.39 is 5.91 Å². The van der Waals surface area contributed by atoms with E-state index in [0.29, 0.717) is 5.75 Å². The number of rotatable bonds is 6. The van der Waals surface area contributed by atoms with Crippen molar-refractivity contribution in [1.29, 1.82) is 0 Å². The van der Waals surface area contributed by atoms with Gasteiger partial charge in [-0.25, -0.2) is 0 Å². The van der Waals surface area contributed by atoms with Crippen LogP contribution in [-0.2, 0) is 11.3 Å². The molecule has 0 spiro atoms. The first kappa shape index (κ1) is 11.5. The van der Waals surface area contributed by atoms with E-state index in [1.165, 1.54) is 0 Å². The second-order valence-electron chi connectivity index (χ2n) is 3.18. The molecule has 0 saturated heterocycles. The van der Waals surface area contributed by atoms with Crippen LogP contribution in [0.1, 0.15) is 12.5 Å². The molecule has 0 unspecified atom stereocenters. The molecule has 0 saturated carbocycles. The third kappa shape index (κ3) is 4.46. The van der Waals surface area contributed by atoms with Crippen LogP contribution in [0.5, 0.6) is 5.75 Å². The lowest BCUT2D eigenvalue weighted by molar-refractivity contribution is -0.119. The van der Waals surface area contributed by atoms with Crippen molar-refractivity contribution in [3.8, 4) is 5.75 Å². The van der Waals surface area contributed by atoms with Crippen LogP contribution in [0.25, 0.3) is 0 Å². The van der Waals surface area contributed by atoms with Gasteiger partial charge in [0.05, 0.1) is 0 Å². The van der Waals surface area contributed by atoms with Gasteiger partial charge >= 0.3 is 0 Å². The van der Waals surface area contributed by atoms with Crippen LogP contribution in [0, 0.1) is 0 Å². The Bertz CT molecular complexity index is 326. The molecule has 4 nitrogen and oxygen atoms in total. The number of carbonyl (C=O) groups is 1. The summed E-state index contributed by atoms with van der Waals surface area (Å²) in [5.74, 6) is 0.205. The zero-order chi connectivity index (χ0) is 11.1. The maximum absolute atomic E-state index is 10.5. The number of primary amides is 1. The quantitative estimate of drug-likeness (QED) is 0.721. The largest absolute Gasteiger partial charge is 0.484 e. The van der Waals surface area contributed by atoms with Crippen LogP contribution in [0.2, 0.25) is 0 Å². The van der Waals surface area contributed by atoms with Crippen LogP contribution in [0.4, 0.5) is 0 Å². The molecule has 0 aliphatic carbocycles. The van der Waals surface area contributed by atoms with Crippen molar-refractivity contribution in [3.05, 3.63) is 29.8 Å². The number of carbonyl (C=O) groups excluding carboxylic acids is 1. The van der Waals surface area contributed by atoms with Gasteiger partial charge in [-0.05, 0) is 24.2 Å². The van der Waals surface area contributed by atoms with Crippen molar-refractivity contribution in [1.82, 2.24) is 5.32 Å². The second-order valence-corrected chi connectivity index (χ2v) is 3.18. The second kappa shape index (κ2) is 6.03. The molecule has 0 heterocycles. The molecule has 82 valence electrons. The van der Waals surface area contributed by atoms with Crippen molar-refractivity contribution >= 4 is 5.91 Å². The molecule has 1 amide bonds. The molecule has 0 aromatic heterocycles. The molecular weight excluding hydrogens is 192 g/mol. The lowest BCUT2D eigenvalue weighted by atomic mass is 10.2. The molecule has 1 rings (SSSR count). The van der Waals surface area contributed by atoms with Crippen molar-refractivity contribution in [2.24, 2.45) is 5.73 Å². The van der Waals surface area contributed by atoms with Crippen LogP contribution >= 0.6 is 0 Å². The summed E-state index contributed by atoms with van der Waals surface area (Å²) in [6.07, 6.45) is 0. The van der Waals surface area contributed by atoms with E-state index in [-0.39, 0.29) is 6.61 Å². The molecule has 0 radical (unpaired) electrons. The molecule has 3 N–H and O–H groups in total. The number of hydrogen-bond donors (Lipinski definition) is 2. The topological polar surface area (TPSA) is 64.3 Å². The fourth-order valence-electron chi connectivity index (χ4n) is 1.17. The number of amides is 1. The summed E-state index contributed by atoms with van der Waals surface area (Å²) in [6.45, 7) is 3.69. The summed E-state index contributed by atoms with van der Waals surface area (Å²) in [7, 11) is 0. The zero-order valence-corrected chi connectivity index (χ0v) is 8.82. The summed E-state index contributed by atoms with van der Waals surface area (Å²) in [4.78, 5) is 10.5. The highest BCUT2D eigenvalue weighted by Crippen LogP contribution is 2.12. The first-order valence-electron chi connectivity index (χ1n) is 4.93. The summed E-state index contributed by atoms with van der Waals surface area (Å²) in [6, 6.07) is 7.59. The Morgan fingerprint density at radius 2 is 2.33 bits per heavy atom. The zero-order valence-electron chi connectivity index (χ0n) is 8.82. The van der Waals surface area contributed by atoms with Gasteiger partial charge in [-0.3, -0.25) is 4.79 Å². The normalized spacial score (nSPS) is 9.93. The first-order valence-corrected chi connectivity index (χ1v) is 4.93.